The number of hydrogen-bond donors (Lipinski definition) is 0. The van der Waals surface area contributed by atoms with E-state index in [1.54, 1.807) is 11.2 Å². The number of benzene rings is 1. The maximum Gasteiger partial charge on any atom is 0.223 e. The van der Waals surface area contributed by atoms with Crippen LogP contribution in [0.1, 0.15) is 37.0 Å². The minimum absolute atomic E-state index is 0.145. The zero-order valence-corrected chi connectivity index (χ0v) is 14.4. The predicted molar refractivity (Wildman–Crippen MR) is 96.0 cm³/mol. The Morgan fingerprint density at radius 2 is 1.88 bits per heavy atom. The van der Waals surface area contributed by atoms with Crippen molar-refractivity contribution in [3.05, 3.63) is 54.0 Å². The summed E-state index contributed by atoms with van der Waals surface area (Å²) in [5, 5.41) is 0. The van der Waals surface area contributed by atoms with E-state index in [2.05, 4.69) is 29.2 Å². The van der Waals surface area contributed by atoms with Gasteiger partial charge in [0.25, 0.3) is 0 Å². The molecule has 0 atom stereocenters. The molecule has 4 heteroatoms. The number of aryl methyl sites for hydroxylation is 1. The summed E-state index contributed by atoms with van der Waals surface area (Å²) in [5.41, 5.74) is 2.47. The fraction of sp³-hybridized carbons (Fsp3) is 0.450. The van der Waals surface area contributed by atoms with Crippen LogP contribution in [0.15, 0.2) is 47.1 Å². The lowest BCUT2D eigenvalue weighted by molar-refractivity contribution is -0.130. The minimum Gasteiger partial charge on any atom is -0.469 e. The number of carbonyl (C=O) groups is 1. The summed E-state index contributed by atoms with van der Waals surface area (Å²) in [6, 6.07) is 12.4. The van der Waals surface area contributed by atoms with Crippen LogP contribution < -0.4 is 4.90 Å². The first kappa shape index (κ1) is 16.6. The largest absolute Gasteiger partial charge is 0.469 e. The van der Waals surface area contributed by atoms with Gasteiger partial charge in [0.1, 0.15) is 5.76 Å². The average Bonchev–Trinajstić information content (AvgIpc) is 3.14. The van der Waals surface area contributed by atoms with Crippen molar-refractivity contribution in [1.82, 2.24) is 4.90 Å². The van der Waals surface area contributed by atoms with Crippen molar-refractivity contribution in [2.45, 2.75) is 38.6 Å². The molecule has 0 unspecified atom stereocenters. The molecular weight excluding hydrogens is 300 g/mol. The summed E-state index contributed by atoms with van der Waals surface area (Å²) in [6.07, 6.45) is 6.70. The van der Waals surface area contributed by atoms with E-state index in [0.717, 1.165) is 18.8 Å². The molecular formula is C20H26N2O2. The molecule has 1 fully saturated rings. The number of hydrogen-bond acceptors (Lipinski definition) is 3. The van der Waals surface area contributed by atoms with Crippen molar-refractivity contribution in [2.75, 3.05) is 25.0 Å². The third-order valence-electron chi connectivity index (χ3n) is 4.67. The molecule has 1 aliphatic rings. The zero-order valence-electron chi connectivity index (χ0n) is 14.4. The first-order valence-corrected chi connectivity index (χ1v) is 8.82. The van der Waals surface area contributed by atoms with Crippen LogP contribution >= 0.6 is 0 Å². The van der Waals surface area contributed by atoms with Crippen LogP contribution in [0.3, 0.4) is 0 Å². The maximum atomic E-state index is 12.2. The summed E-state index contributed by atoms with van der Waals surface area (Å²) in [7, 11) is 1.86. The Balaban J connectivity index is 1.50. The molecule has 1 aromatic carbocycles. The van der Waals surface area contributed by atoms with Gasteiger partial charge < -0.3 is 14.2 Å². The SMILES string of the molecule is CN(Cc1ccc(N2CCCCC2)cc1)C(=O)CCc1ccco1. The highest BCUT2D eigenvalue weighted by molar-refractivity contribution is 5.76. The summed E-state index contributed by atoms with van der Waals surface area (Å²) in [6.45, 7) is 2.96. The lowest BCUT2D eigenvalue weighted by atomic mass is 10.1. The van der Waals surface area contributed by atoms with Crippen molar-refractivity contribution in [2.24, 2.45) is 0 Å². The van der Waals surface area contributed by atoms with Gasteiger partial charge in [-0.05, 0) is 49.1 Å². The third-order valence-corrected chi connectivity index (χ3v) is 4.67. The number of anilines is 1. The Morgan fingerprint density at radius 1 is 1.12 bits per heavy atom. The van der Waals surface area contributed by atoms with Crippen LogP contribution in [0.5, 0.6) is 0 Å². The fourth-order valence-corrected chi connectivity index (χ4v) is 3.20. The standard InChI is InChI=1S/C20H26N2O2/c1-21(20(23)12-11-19-6-5-15-24-19)16-17-7-9-18(10-8-17)22-13-3-2-4-14-22/h5-10,15H,2-4,11-14,16H2,1H3. The van der Waals surface area contributed by atoms with Crippen LogP contribution in [-0.4, -0.2) is 30.9 Å². The average molecular weight is 326 g/mol. The minimum atomic E-state index is 0.145. The molecule has 1 saturated heterocycles. The topological polar surface area (TPSA) is 36.7 Å². The van der Waals surface area contributed by atoms with E-state index in [-0.39, 0.29) is 5.91 Å². The third kappa shape index (κ3) is 4.40. The van der Waals surface area contributed by atoms with Crippen molar-refractivity contribution in [1.29, 1.82) is 0 Å². The lowest BCUT2D eigenvalue weighted by Crippen LogP contribution is -2.29. The maximum absolute atomic E-state index is 12.2. The summed E-state index contributed by atoms with van der Waals surface area (Å²) >= 11 is 0. The van der Waals surface area contributed by atoms with Crippen LogP contribution in [0, 0.1) is 0 Å². The molecule has 1 aromatic heterocycles. The number of piperidine rings is 1. The van der Waals surface area contributed by atoms with E-state index in [4.69, 9.17) is 4.42 Å². The molecule has 0 radical (unpaired) electrons. The Kier molecular flexibility index (Phi) is 5.57. The second-order valence-electron chi connectivity index (χ2n) is 6.54. The summed E-state index contributed by atoms with van der Waals surface area (Å²) in [5.74, 6) is 1.01. The fourth-order valence-electron chi connectivity index (χ4n) is 3.20. The molecule has 2 aromatic rings. The highest BCUT2D eigenvalue weighted by Gasteiger charge is 2.12. The lowest BCUT2D eigenvalue weighted by Gasteiger charge is -2.29. The van der Waals surface area contributed by atoms with E-state index in [0.29, 0.717) is 19.4 Å². The molecule has 128 valence electrons. The van der Waals surface area contributed by atoms with Crippen molar-refractivity contribution < 1.29 is 9.21 Å². The first-order valence-electron chi connectivity index (χ1n) is 8.82. The number of carbonyl (C=O) groups excluding carboxylic acids is 1. The molecule has 0 saturated carbocycles. The second-order valence-corrected chi connectivity index (χ2v) is 6.54. The molecule has 4 nitrogen and oxygen atoms in total. The predicted octanol–water partition coefficient (Wildman–Crippen LogP) is 3.86. The Morgan fingerprint density at radius 3 is 2.54 bits per heavy atom. The number of furan rings is 1. The molecule has 24 heavy (non-hydrogen) atoms. The summed E-state index contributed by atoms with van der Waals surface area (Å²) in [4.78, 5) is 16.5. The molecule has 0 N–H and O–H groups in total. The highest BCUT2D eigenvalue weighted by atomic mass is 16.3. The highest BCUT2D eigenvalue weighted by Crippen LogP contribution is 2.20. The van der Waals surface area contributed by atoms with Crippen LogP contribution in [0.2, 0.25) is 0 Å². The van der Waals surface area contributed by atoms with Gasteiger partial charge in [-0.25, -0.2) is 0 Å². The van der Waals surface area contributed by atoms with Gasteiger partial charge in [-0.3, -0.25) is 4.79 Å². The Hall–Kier alpha value is -2.23. The van der Waals surface area contributed by atoms with Gasteiger partial charge in [-0.1, -0.05) is 12.1 Å². The van der Waals surface area contributed by atoms with Gasteiger partial charge in [0, 0.05) is 45.2 Å². The van der Waals surface area contributed by atoms with Gasteiger partial charge in [-0.15, -0.1) is 0 Å². The second kappa shape index (κ2) is 8.04. The molecule has 0 bridgehead atoms. The molecule has 0 aliphatic carbocycles. The number of rotatable bonds is 6. The van der Waals surface area contributed by atoms with E-state index < -0.39 is 0 Å². The van der Waals surface area contributed by atoms with E-state index in [1.807, 2.05) is 19.2 Å². The van der Waals surface area contributed by atoms with Gasteiger partial charge in [0.2, 0.25) is 5.91 Å². The molecule has 1 aliphatic heterocycles. The number of amides is 1. The van der Waals surface area contributed by atoms with Crippen LogP contribution in [-0.2, 0) is 17.8 Å². The molecule has 2 heterocycles. The Bertz CT molecular complexity index is 628. The van der Waals surface area contributed by atoms with Crippen molar-refractivity contribution >= 4 is 11.6 Å². The van der Waals surface area contributed by atoms with Gasteiger partial charge in [-0.2, -0.15) is 0 Å². The Labute approximate surface area is 144 Å². The van der Waals surface area contributed by atoms with E-state index in [1.165, 1.54) is 30.5 Å². The van der Waals surface area contributed by atoms with E-state index in [9.17, 15) is 4.79 Å². The van der Waals surface area contributed by atoms with Crippen molar-refractivity contribution in [3.8, 4) is 0 Å². The quantitative estimate of drug-likeness (QED) is 0.809. The monoisotopic (exact) mass is 326 g/mol. The molecule has 0 spiro atoms. The van der Waals surface area contributed by atoms with Crippen LogP contribution in [0.25, 0.3) is 0 Å². The smallest absolute Gasteiger partial charge is 0.223 e. The van der Waals surface area contributed by atoms with Gasteiger partial charge in [0.05, 0.1) is 6.26 Å². The number of nitrogens with zero attached hydrogens (tertiary/aromatic N) is 2. The van der Waals surface area contributed by atoms with Gasteiger partial charge >= 0.3 is 0 Å². The first-order chi connectivity index (χ1) is 11.7. The van der Waals surface area contributed by atoms with Crippen molar-refractivity contribution in [3.63, 3.8) is 0 Å². The normalized spacial score (nSPS) is 14.6. The van der Waals surface area contributed by atoms with Gasteiger partial charge in [0.15, 0.2) is 0 Å². The summed E-state index contributed by atoms with van der Waals surface area (Å²) < 4.78 is 5.28. The van der Waals surface area contributed by atoms with Crippen LogP contribution in [0.4, 0.5) is 5.69 Å². The zero-order chi connectivity index (χ0) is 16.8. The molecule has 3 rings (SSSR count). The molecule has 1 amide bonds. The van der Waals surface area contributed by atoms with E-state index >= 15 is 0 Å².